The fourth-order valence-electron chi connectivity index (χ4n) is 4.99. The van der Waals surface area contributed by atoms with E-state index in [4.69, 9.17) is 15.5 Å². The maximum Gasteiger partial charge on any atom is 0.269 e. The van der Waals surface area contributed by atoms with E-state index in [0.29, 0.717) is 23.6 Å². The van der Waals surface area contributed by atoms with Gasteiger partial charge in [0.2, 0.25) is 0 Å². The normalized spacial score (nSPS) is 43.2. The highest BCUT2D eigenvalue weighted by molar-refractivity contribution is 8.14. The summed E-state index contributed by atoms with van der Waals surface area (Å²) < 4.78 is 38.7. The summed E-state index contributed by atoms with van der Waals surface area (Å²) in [6, 6.07) is -0.249. The van der Waals surface area contributed by atoms with Crippen LogP contribution in [0.3, 0.4) is 0 Å². The highest BCUT2D eigenvalue weighted by Gasteiger charge is 2.45. The first-order valence-corrected chi connectivity index (χ1v) is 12.3. The average Bonchev–Trinajstić information content (AvgIpc) is 3.09. The zero-order chi connectivity index (χ0) is 19.9. The number of hydrogen-bond donors (Lipinski definition) is 4. The van der Waals surface area contributed by atoms with Gasteiger partial charge in [-0.2, -0.15) is 8.42 Å². The van der Waals surface area contributed by atoms with Crippen LogP contribution in [0.2, 0.25) is 0 Å². The van der Waals surface area contributed by atoms with Gasteiger partial charge < -0.3 is 15.9 Å². The molecule has 0 aromatic rings. The minimum absolute atomic E-state index is 0.142. The number of nitrogens with zero attached hydrogens (tertiary/aromatic N) is 2. The lowest BCUT2D eigenvalue weighted by Gasteiger charge is -2.38. The Bertz CT molecular complexity index is 746. The molecule has 0 amide bonds. The Morgan fingerprint density at radius 3 is 2.82 bits per heavy atom. The predicted molar refractivity (Wildman–Crippen MR) is 110 cm³/mol. The molecule has 11 heteroatoms. The molecule has 2 fully saturated rings. The van der Waals surface area contributed by atoms with E-state index in [1.165, 1.54) is 0 Å². The van der Waals surface area contributed by atoms with E-state index in [2.05, 4.69) is 22.1 Å². The number of nitrogens with two attached hydrogens (primary N) is 1. The van der Waals surface area contributed by atoms with Gasteiger partial charge in [0.15, 0.2) is 5.17 Å². The van der Waals surface area contributed by atoms with E-state index >= 15 is 0 Å². The summed E-state index contributed by atoms with van der Waals surface area (Å²) in [6.45, 7) is 0. The van der Waals surface area contributed by atoms with Crippen molar-refractivity contribution in [3.8, 4) is 0 Å². The van der Waals surface area contributed by atoms with Gasteiger partial charge in [-0.25, -0.2) is 5.43 Å². The van der Waals surface area contributed by atoms with Crippen LogP contribution in [-0.4, -0.2) is 72.2 Å². The first-order chi connectivity index (χ1) is 13.4. The highest BCUT2D eigenvalue weighted by atomic mass is 32.2. The molecule has 0 aromatic carbocycles. The Morgan fingerprint density at radius 2 is 2.07 bits per heavy atom. The van der Waals surface area contributed by atoms with Crippen molar-refractivity contribution in [3.63, 3.8) is 0 Å². The van der Waals surface area contributed by atoms with Crippen molar-refractivity contribution in [1.29, 1.82) is 0 Å². The maximum atomic E-state index is 11.8. The van der Waals surface area contributed by atoms with Gasteiger partial charge in [-0.15, -0.1) is 0 Å². The molecule has 0 spiro atoms. The molecule has 2 saturated carbocycles. The lowest BCUT2D eigenvalue weighted by molar-refractivity contribution is 0.0422. The third-order valence-electron chi connectivity index (χ3n) is 6.48. The van der Waals surface area contributed by atoms with Crippen LogP contribution in [0.1, 0.15) is 38.5 Å². The Kier molecular flexibility index (Phi) is 6.01. The molecule has 0 bridgehead atoms. The summed E-state index contributed by atoms with van der Waals surface area (Å²) in [5, 5.41) is 0.222. The molecular formula is C17H29N5O4S2. The average molecular weight is 432 g/mol. The summed E-state index contributed by atoms with van der Waals surface area (Å²) in [6.07, 6.45) is 6.61. The molecule has 8 atom stereocenters. The first kappa shape index (κ1) is 20.5. The summed E-state index contributed by atoms with van der Waals surface area (Å²) in [7, 11) is -2.66. The van der Waals surface area contributed by atoms with Crippen molar-refractivity contribution in [2.45, 2.75) is 79.3 Å². The van der Waals surface area contributed by atoms with Crippen molar-refractivity contribution in [2.24, 2.45) is 21.6 Å². The molecule has 4 aliphatic rings. The van der Waals surface area contributed by atoms with Gasteiger partial charge in [-0.05, 0) is 50.7 Å². The predicted octanol–water partition coefficient (Wildman–Crippen LogP) is 0.325. The van der Waals surface area contributed by atoms with Gasteiger partial charge in [0.1, 0.15) is 5.25 Å². The number of aliphatic imine (C=N–C) groups is 2. The molecule has 2 aliphatic carbocycles. The molecule has 5 N–H and O–H groups in total. The number of rotatable bonds is 4. The van der Waals surface area contributed by atoms with Crippen LogP contribution < -0.4 is 16.6 Å². The number of methoxy groups -OCH3 is 1. The molecule has 0 aromatic heterocycles. The molecule has 0 saturated heterocycles. The lowest BCUT2D eigenvalue weighted by atomic mass is 9.78. The SMILES string of the molecule is COC1CC(NNC2=NC3CCC4N=CCCC4C3S2)C(S(=O)(=O)O)CC1N. The quantitative estimate of drug-likeness (QED) is 0.369. The number of ether oxygens (including phenoxy) is 1. The van der Waals surface area contributed by atoms with E-state index in [9.17, 15) is 13.0 Å². The molecule has 2 heterocycles. The smallest absolute Gasteiger partial charge is 0.269 e. The maximum absolute atomic E-state index is 11.8. The number of hydrogen-bond acceptors (Lipinski definition) is 9. The van der Waals surface area contributed by atoms with E-state index in [0.717, 1.165) is 30.9 Å². The second-order valence-corrected chi connectivity index (χ2v) is 10.9. The van der Waals surface area contributed by atoms with Crippen LogP contribution in [0.4, 0.5) is 0 Å². The van der Waals surface area contributed by atoms with Crippen LogP contribution in [0.15, 0.2) is 9.98 Å². The molecule has 4 rings (SSSR count). The van der Waals surface area contributed by atoms with E-state index in [-0.39, 0.29) is 18.6 Å². The van der Waals surface area contributed by atoms with Crippen LogP contribution >= 0.6 is 11.8 Å². The zero-order valence-corrected chi connectivity index (χ0v) is 17.5. The first-order valence-electron chi connectivity index (χ1n) is 9.89. The lowest BCUT2D eigenvalue weighted by Crippen LogP contribution is -2.60. The van der Waals surface area contributed by atoms with Gasteiger partial charge in [-0.3, -0.25) is 14.5 Å². The number of amidine groups is 1. The minimum Gasteiger partial charge on any atom is -0.380 e. The largest absolute Gasteiger partial charge is 0.380 e. The fraction of sp³-hybridized carbons (Fsp3) is 0.882. The van der Waals surface area contributed by atoms with Gasteiger partial charge in [0, 0.05) is 24.4 Å². The molecule has 0 radical (unpaired) electrons. The molecule has 8 unspecified atom stereocenters. The van der Waals surface area contributed by atoms with Gasteiger partial charge in [0.05, 0.1) is 18.2 Å². The minimum atomic E-state index is -4.22. The Labute approximate surface area is 170 Å². The van der Waals surface area contributed by atoms with Crippen LogP contribution in [-0.2, 0) is 14.9 Å². The van der Waals surface area contributed by atoms with E-state index in [1.807, 2.05) is 0 Å². The van der Waals surface area contributed by atoms with Crippen molar-refractivity contribution in [1.82, 2.24) is 10.9 Å². The summed E-state index contributed by atoms with van der Waals surface area (Å²) in [4.78, 5) is 9.49. The second kappa shape index (κ2) is 8.19. The van der Waals surface area contributed by atoms with Gasteiger partial charge in [-0.1, -0.05) is 11.8 Å². The Hall–Kier alpha value is -0.720. The standard InChI is InChI=1S/C17H29N5O4S2/c1-26-14-8-13(15(7-10(14)18)28(23,24)25)21-22-17-20-12-5-4-11-9(16(12)27-17)3-2-6-19-11/h6,9-16,21H,2-5,7-8,18H2,1H3,(H,20,22)(H,23,24,25). The molecular weight excluding hydrogens is 402 g/mol. The molecule has 9 nitrogen and oxygen atoms in total. The zero-order valence-electron chi connectivity index (χ0n) is 15.9. The molecule has 2 aliphatic heterocycles. The van der Waals surface area contributed by atoms with Gasteiger partial charge >= 0.3 is 0 Å². The monoisotopic (exact) mass is 431 g/mol. The number of nitrogens with one attached hydrogen (secondary N) is 2. The fourth-order valence-corrected chi connectivity index (χ4v) is 7.46. The second-order valence-electron chi connectivity index (χ2n) is 8.14. The van der Waals surface area contributed by atoms with Crippen LogP contribution in [0.25, 0.3) is 0 Å². The van der Waals surface area contributed by atoms with Crippen LogP contribution in [0.5, 0.6) is 0 Å². The Balaban J connectivity index is 1.40. The van der Waals surface area contributed by atoms with Crippen molar-refractivity contribution in [2.75, 3.05) is 7.11 Å². The highest BCUT2D eigenvalue weighted by Crippen LogP contribution is 2.44. The summed E-state index contributed by atoms with van der Waals surface area (Å²) in [5.74, 6) is 0.549. The topological polar surface area (TPSA) is 138 Å². The van der Waals surface area contributed by atoms with Crippen LogP contribution in [0, 0.1) is 5.92 Å². The van der Waals surface area contributed by atoms with Gasteiger partial charge in [0.25, 0.3) is 10.1 Å². The third-order valence-corrected chi connectivity index (χ3v) is 9.13. The van der Waals surface area contributed by atoms with Crippen molar-refractivity contribution < 1.29 is 17.7 Å². The Morgan fingerprint density at radius 1 is 1.29 bits per heavy atom. The number of fused-ring (bicyclic) bond motifs is 3. The molecule has 28 heavy (non-hydrogen) atoms. The van der Waals surface area contributed by atoms with E-state index in [1.54, 1.807) is 18.9 Å². The van der Waals surface area contributed by atoms with Crippen molar-refractivity contribution >= 4 is 33.3 Å². The summed E-state index contributed by atoms with van der Waals surface area (Å²) in [5.41, 5.74) is 12.2. The van der Waals surface area contributed by atoms with E-state index < -0.39 is 27.5 Å². The number of thioether (sulfide) groups is 1. The summed E-state index contributed by atoms with van der Waals surface area (Å²) >= 11 is 1.72. The third kappa shape index (κ3) is 4.10. The number of hydrazine groups is 1. The van der Waals surface area contributed by atoms with Crippen molar-refractivity contribution in [3.05, 3.63) is 0 Å². The molecule has 158 valence electrons.